The van der Waals surface area contributed by atoms with Crippen molar-refractivity contribution in [2.24, 2.45) is 0 Å². The highest BCUT2D eigenvalue weighted by molar-refractivity contribution is 5.35. The molecule has 2 aromatic rings. The monoisotopic (exact) mass is 296 g/mol. The molecule has 0 spiro atoms. The number of nitrogens with one attached hydrogen (secondary N) is 1. The topological polar surface area (TPSA) is 61.6 Å². The molecule has 0 bridgehead atoms. The molecule has 0 amide bonds. The van der Waals surface area contributed by atoms with Crippen molar-refractivity contribution in [3.63, 3.8) is 0 Å². The van der Waals surface area contributed by atoms with Crippen molar-refractivity contribution >= 4 is 5.95 Å². The van der Waals surface area contributed by atoms with E-state index >= 15 is 0 Å². The first kappa shape index (κ1) is 14.7. The third-order valence-electron chi connectivity index (χ3n) is 2.59. The fraction of sp³-hybridized carbons (Fsp3) is 0.154. The molecule has 0 aliphatic carbocycles. The normalized spacial score (nSPS) is 12.5. The SMILES string of the molecule is N#Cc1cnc(NC(c2ccc(F)cc2)C(F)(F)F)nc1. The molecule has 0 aliphatic heterocycles. The minimum absolute atomic E-state index is 0.130. The highest BCUT2D eigenvalue weighted by Crippen LogP contribution is 2.34. The zero-order chi connectivity index (χ0) is 15.5. The summed E-state index contributed by atoms with van der Waals surface area (Å²) in [5, 5.41) is 10.7. The zero-order valence-electron chi connectivity index (χ0n) is 10.4. The van der Waals surface area contributed by atoms with E-state index in [1.807, 2.05) is 0 Å². The van der Waals surface area contributed by atoms with Gasteiger partial charge in [0, 0.05) is 0 Å². The Balaban J connectivity index is 2.28. The standard InChI is InChI=1S/C13H8F4N4/c14-10-3-1-9(2-4-10)11(13(15,16)17)21-12-19-6-8(5-18)7-20-12/h1-4,6-7,11H,(H,19,20,21). The van der Waals surface area contributed by atoms with Gasteiger partial charge in [0.05, 0.1) is 18.0 Å². The van der Waals surface area contributed by atoms with Crippen molar-refractivity contribution in [3.05, 3.63) is 53.6 Å². The molecule has 1 heterocycles. The Morgan fingerprint density at radius 1 is 1.10 bits per heavy atom. The van der Waals surface area contributed by atoms with E-state index in [1.165, 1.54) is 0 Å². The maximum atomic E-state index is 13.1. The van der Waals surface area contributed by atoms with Crippen LogP contribution in [0.25, 0.3) is 0 Å². The summed E-state index contributed by atoms with van der Waals surface area (Å²) in [7, 11) is 0. The van der Waals surface area contributed by atoms with Crippen LogP contribution in [-0.4, -0.2) is 16.1 Å². The quantitative estimate of drug-likeness (QED) is 0.883. The molecule has 21 heavy (non-hydrogen) atoms. The molecule has 1 aromatic heterocycles. The van der Waals surface area contributed by atoms with E-state index in [9.17, 15) is 17.6 Å². The molecule has 2 rings (SSSR count). The molecule has 1 unspecified atom stereocenters. The fourth-order valence-electron chi connectivity index (χ4n) is 1.60. The molecule has 108 valence electrons. The van der Waals surface area contributed by atoms with Crippen molar-refractivity contribution < 1.29 is 17.6 Å². The molecule has 0 saturated carbocycles. The number of nitrogens with zero attached hydrogens (tertiary/aromatic N) is 3. The third-order valence-corrected chi connectivity index (χ3v) is 2.59. The van der Waals surface area contributed by atoms with Gasteiger partial charge >= 0.3 is 6.18 Å². The summed E-state index contributed by atoms with van der Waals surface area (Å²) in [5.41, 5.74) is -0.0391. The first-order valence-corrected chi connectivity index (χ1v) is 5.71. The van der Waals surface area contributed by atoms with Crippen LogP contribution < -0.4 is 5.32 Å². The second-order valence-electron chi connectivity index (χ2n) is 4.08. The van der Waals surface area contributed by atoms with Crippen LogP contribution in [0, 0.1) is 17.1 Å². The van der Waals surface area contributed by atoms with Crippen LogP contribution >= 0.6 is 0 Å². The van der Waals surface area contributed by atoms with Gasteiger partial charge in [0.15, 0.2) is 6.04 Å². The number of rotatable bonds is 3. The van der Waals surface area contributed by atoms with Gasteiger partial charge in [-0.1, -0.05) is 12.1 Å². The number of anilines is 1. The van der Waals surface area contributed by atoms with E-state index in [0.717, 1.165) is 36.7 Å². The van der Waals surface area contributed by atoms with Gasteiger partial charge in [0.2, 0.25) is 5.95 Å². The molecule has 1 aromatic carbocycles. The van der Waals surface area contributed by atoms with E-state index < -0.39 is 18.0 Å². The second-order valence-corrected chi connectivity index (χ2v) is 4.08. The average Bonchev–Trinajstić information content (AvgIpc) is 2.45. The van der Waals surface area contributed by atoms with Crippen LogP contribution in [0.4, 0.5) is 23.5 Å². The van der Waals surface area contributed by atoms with Crippen LogP contribution in [0.5, 0.6) is 0 Å². The summed E-state index contributed by atoms with van der Waals surface area (Å²) in [6.45, 7) is 0. The van der Waals surface area contributed by atoms with E-state index in [0.29, 0.717) is 0 Å². The smallest absolute Gasteiger partial charge is 0.339 e. The van der Waals surface area contributed by atoms with Crippen LogP contribution in [0.1, 0.15) is 17.2 Å². The van der Waals surface area contributed by atoms with Crippen molar-refractivity contribution in [3.8, 4) is 6.07 Å². The molecule has 1 N–H and O–H groups in total. The second kappa shape index (κ2) is 5.75. The first-order chi connectivity index (χ1) is 9.90. The van der Waals surface area contributed by atoms with E-state index in [-0.39, 0.29) is 17.1 Å². The largest absolute Gasteiger partial charge is 0.412 e. The third kappa shape index (κ3) is 3.66. The van der Waals surface area contributed by atoms with Gasteiger partial charge in [-0.3, -0.25) is 0 Å². The van der Waals surface area contributed by atoms with Crippen LogP contribution in [0.15, 0.2) is 36.7 Å². The van der Waals surface area contributed by atoms with Gasteiger partial charge in [0.25, 0.3) is 0 Å². The van der Waals surface area contributed by atoms with Gasteiger partial charge in [0.1, 0.15) is 11.9 Å². The Hall–Kier alpha value is -2.69. The maximum absolute atomic E-state index is 13.1. The number of halogens is 4. The summed E-state index contributed by atoms with van der Waals surface area (Å²) >= 11 is 0. The van der Waals surface area contributed by atoms with Crippen molar-refractivity contribution in [1.82, 2.24) is 9.97 Å². The van der Waals surface area contributed by atoms with Gasteiger partial charge in [-0.2, -0.15) is 18.4 Å². The lowest BCUT2D eigenvalue weighted by molar-refractivity contribution is -0.144. The fourth-order valence-corrected chi connectivity index (χ4v) is 1.60. The predicted molar refractivity (Wildman–Crippen MR) is 65.6 cm³/mol. The van der Waals surface area contributed by atoms with Crippen LogP contribution in [0.3, 0.4) is 0 Å². The van der Waals surface area contributed by atoms with Gasteiger partial charge in [-0.05, 0) is 17.7 Å². The zero-order valence-corrected chi connectivity index (χ0v) is 10.4. The molecule has 4 nitrogen and oxygen atoms in total. The predicted octanol–water partition coefficient (Wildman–Crippen LogP) is 3.20. The number of benzene rings is 1. The minimum atomic E-state index is -4.62. The Morgan fingerprint density at radius 3 is 2.14 bits per heavy atom. The number of hydrogen-bond donors (Lipinski definition) is 1. The average molecular weight is 296 g/mol. The summed E-state index contributed by atoms with van der Waals surface area (Å²) in [6, 6.07) is 3.62. The molecular weight excluding hydrogens is 288 g/mol. The Kier molecular flexibility index (Phi) is 4.03. The Bertz CT molecular complexity index is 644. The molecule has 0 saturated heterocycles. The van der Waals surface area contributed by atoms with E-state index in [1.54, 1.807) is 6.07 Å². The highest BCUT2D eigenvalue weighted by atomic mass is 19.4. The molecule has 0 radical (unpaired) electrons. The van der Waals surface area contributed by atoms with Crippen molar-refractivity contribution in [2.45, 2.75) is 12.2 Å². The highest BCUT2D eigenvalue weighted by Gasteiger charge is 2.41. The van der Waals surface area contributed by atoms with Crippen LogP contribution in [0.2, 0.25) is 0 Å². The minimum Gasteiger partial charge on any atom is -0.339 e. The lowest BCUT2D eigenvalue weighted by Crippen LogP contribution is -2.28. The number of hydrogen-bond acceptors (Lipinski definition) is 4. The van der Waals surface area contributed by atoms with Crippen molar-refractivity contribution in [1.29, 1.82) is 5.26 Å². The number of aromatic nitrogens is 2. The summed E-state index contributed by atoms with van der Waals surface area (Å²) < 4.78 is 52.0. The Morgan fingerprint density at radius 2 is 1.67 bits per heavy atom. The summed E-state index contributed by atoms with van der Waals surface area (Å²) in [6.07, 6.45) is -2.41. The lowest BCUT2D eigenvalue weighted by Gasteiger charge is -2.21. The Labute approximate surface area is 117 Å². The molecule has 1 atom stereocenters. The van der Waals surface area contributed by atoms with Gasteiger partial charge in [-0.15, -0.1) is 0 Å². The van der Waals surface area contributed by atoms with Gasteiger partial charge < -0.3 is 5.32 Å². The van der Waals surface area contributed by atoms with E-state index in [2.05, 4.69) is 15.3 Å². The first-order valence-electron chi connectivity index (χ1n) is 5.71. The van der Waals surface area contributed by atoms with Crippen LogP contribution in [-0.2, 0) is 0 Å². The molecule has 0 aliphatic rings. The lowest BCUT2D eigenvalue weighted by atomic mass is 10.1. The van der Waals surface area contributed by atoms with Gasteiger partial charge in [-0.25, -0.2) is 14.4 Å². The summed E-state index contributed by atoms with van der Waals surface area (Å²) in [4.78, 5) is 7.25. The number of nitriles is 1. The number of alkyl halides is 3. The summed E-state index contributed by atoms with van der Waals surface area (Å²) in [5.74, 6) is -0.907. The molecular formula is C13H8F4N4. The van der Waals surface area contributed by atoms with Crippen molar-refractivity contribution in [2.75, 3.05) is 5.32 Å². The molecule has 8 heteroatoms. The molecule has 0 fully saturated rings. The van der Waals surface area contributed by atoms with E-state index in [4.69, 9.17) is 5.26 Å². The maximum Gasteiger partial charge on any atom is 0.412 e.